The fraction of sp³-hybridized carbons (Fsp3) is 0.182. The molecule has 0 heterocycles. The lowest BCUT2D eigenvalue weighted by Crippen LogP contribution is -1.99. The van der Waals surface area contributed by atoms with E-state index in [1.807, 2.05) is 48.5 Å². The Balaban J connectivity index is 1.40. The second-order valence-corrected chi connectivity index (χ2v) is 5.71. The molecule has 0 aromatic heterocycles. The average Bonchev–Trinajstić information content (AvgIpc) is 2.66. The normalized spacial score (nSPS) is 10.5. The van der Waals surface area contributed by atoms with Crippen molar-refractivity contribution in [3.05, 3.63) is 102 Å². The van der Waals surface area contributed by atoms with Gasteiger partial charge in [0.1, 0.15) is 12.4 Å². The van der Waals surface area contributed by atoms with Gasteiger partial charge in [0, 0.05) is 0 Å². The van der Waals surface area contributed by atoms with Gasteiger partial charge < -0.3 is 9.47 Å². The Morgan fingerprint density at radius 1 is 0.542 bits per heavy atom. The molecule has 0 aliphatic carbocycles. The summed E-state index contributed by atoms with van der Waals surface area (Å²) in [6.45, 7) is 1.98. The lowest BCUT2D eigenvalue weighted by atomic mass is 10.1. The van der Waals surface area contributed by atoms with E-state index in [4.69, 9.17) is 9.47 Å². The summed E-state index contributed by atoms with van der Waals surface area (Å²) < 4.78 is 11.5. The third kappa shape index (κ3) is 5.25. The van der Waals surface area contributed by atoms with Gasteiger partial charge in [-0.2, -0.15) is 0 Å². The van der Waals surface area contributed by atoms with Gasteiger partial charge >= 0.3 is 0 Å². The summed E-state index contributed by atoms with van der Waals surface area (Å²) in [4.78, 5) is 0. The van der Waals surface area contributed by atoms with Crippen molar-refractivity contribution < 1.29 is 9.47 Å². The fourth-order valence-electron chi connectivity index (χ4n) is 2.45. The molecule has 3 rings (SSSR count). The van der Waals surface area contributed by atoms with E-state index in [-0.39, 0.29) is 0 Å². The van der Waals surface area contributed by atoms with Gasteiger partial charge in [-0.1, -0.05) is 72.8 Å². The van der Waals surface area contributed by atoms with Gasteiger partial charge in [0.05, 0.1) is 13.2 Å². The van der Waals surface area contributed by atoms with E-state index in [1.165, 1.54) is 16.7 Å². The van der Waals surface area contributed by atoms with E-state index >= 15 is 0 Å². The minimum absolute atomic E-state index is 0.598. The molecule has 0 aliphatic heterocycles. The molecule has 0 spiro atoms. The van der Waals surface area contributed by atoms with Crippen LogP contribution in [0.4, 0.5) is 0 Å². The van der Waals surface area contributed by atoms with Crippen molar-refractivity contribution in [1.82, 2.24) is 0 Å². The Morgan fingerprint density at radius 2 is 1.12 bits per heavy atom. The molecule has 0 aliphatic rings. The van der Waals surface area contributed by atoms with Crippen molar-refractivity contribution >= 4 is 0 Å². The first-order valence-corrected chi connectivity index (χ1v) is 8.27. The Kier molecular flexibility index (Phi) is 6.04. The highest BCUT2D eigenvalue weighted by Gasteiger charge is 1.98. The van der Waals surface area contributed by atoms with Gasteiger partial charge in [-0.3, -0.25) is 0 Å². The van der Waals surface area contributed by atoms with Crippen LogP contribution in [0.2, 0.25) is 0 Å². The molecule has 0 saturated heterocycles. The highest BCUT2D eigenvalue weighted by atomic mass is 16.5. The number of rotatable bonds is 8. The van der Waals surface area contributed by atoms with E-state index in [9.17, 15) is 0 Å². The van der Waals surface area contributed by atoms with E-state index in [2.05, 4.69) is 36.4 Å². The topological polar surface area (TPSA) is 18.5 Å². The van der Waals surface area contributed by atoms with Crippen LogP contribution in [0, 0.1) is 0 Å². The lowest BCUT2D eigenvalue weighted by molar-refractivity contribution is 0.124. The molecule has 0 atom stereocenters. The largest absolute Gasteiger partial charge is 0.489 e. The van der Waals surface area contributed by atoms with Crippen molar-refractivity contribution in [3.8, 4) is 5.75 Å². The Labute approximate surface area is 143 Å². The van der Waals surface area contributed by atoms with E-state index < -0.39 is 0 Å². The quantitative estimate of drug-likeness (QED) is 0.543. The maximum absolute atomic E-state index is 5.80. The number of hydrogen-bond donors (Lipinski definition) is 0. The molecule has 0 bridgehead atoms. The molecule has 0 saturated carbocycles. The molecular weight excluding hydrogens is 296 g/mol. The van der Waals surface area contributed by atoms with Crippen LogP contribution in [0.3, 0.4) is 0 Å². The minimum Gasteiger partial charge on any atom is -0.489 e. The molecule has 0 fully saturated rings. The summed E-state index contributed by atoms with van der Waals surface area (Å²) in [6.07, 6.45) is 0.909. The molecule has 0 N–H and O–H groups in total. The second-order valence-electron chi connectivity index (χ2n) is 5.71. The molecule has 3 aromatic rings. The molecular formula is C22H22O2. The maximum Gasteiger partial charge on any atom is 0.119 e. The Morgan fingerprint density at radius 3 is 1.75 bits per heavy atom. The smallest absolute Gasteiger partial charge is 0.119 e. The molecule has 2 heteroatoms. The first kappa shape index (κ1) is 16.3. The van der Waals surface area contributed by atoms with E-state index in [0.717, 1.165) is 18.8 Å². The minimum atomic E-state index is 0.598. The van der Waals surface area contributed by atoms with Gasteiger partial charge in [0.2, 0.25) is 0 Å². The monoisotopic (exact) mass is 318 g/mol. The van der Waals surface area contributed by atoms with Crippen LogP contribution in [0.1, 0.15) is 16.7 Å². The van der Waals surface area contributed by atoms with E-state index in [0.29, 0.717) is 13.2 Å². The van der Waals surface area contributed by atoms with Gasteiger partial charge in [-0.05, 0) is 35.2 Å². The molecule has 24 heavy (non-hydrogen) atoms. The molecule has 0 unspecified atom stereocenters. The summed E-state index contributed by atoms with van der Waals surface area (Å²) in [5, 5.41) is 0. The van der Waals surface area contributed by atoms with Crippen molar-refractivity contribution in [2.24, 2.45) is 0 Å². The maximum atomic E-state index is 5.80. The van der Waals surface area contributed by atoms with Crippen LogP contribution in [-0.2, 0) is 24.4 Å². The summed E-state index contributed by atoms with van der Waals surface area (Å²) in [6, 6.07) is 28.7. The number of ether oxygens (including phenoxy) is 2. The zero-order valence-corrected chi connectivity index (χ0v) is 13.7. The third-order valence-electron chi connectivity index (χ3n) is 3.82. The first-order chi connectivity index (χ1) is 11.9. The Bertz CT molecular complexity index is 706. The average molecular weight is 318 g/mol. The predicted molar refractivity (Wildman–Crippen MR) is 97.0 cm³/mol. The summed E-state index contributed by atoms with van der Waals surface area (Å²) in [7, 11) is 0. The predicted octanol–water partition coefficient (Wildman–Crippen LogP) is 5.02. The van der Waals surface area contributed by atoms with Gasteiger partial charge in [-0.25, -0.2) is 0 Å². The molecule has 0 amide bonds. The van der Waals surface area contributed by atoms with Crippen LogP contribution in [0.5, 0.6) is 5.75 Å². The zero-order valence-electron chi connectivity index (χ0n) is 13.7. The second kappa shape index (κ2) is 8.90. The number of benzene rings is 3. The van der Waals surface area contributed by atoms with Crippen molar-refractivity contribution in [2.75, 3.05) is 6.61 Å². The summed E-state index contributed by atoms with van der Waals surface area (Å²) in [5.74, 6) is 0.896. The molecule has 3 aromatic carbocycles. The highest BCUT2D eigenvalue weighted by molar-refractivity contribution is 5.28. The Hall–Kier alpha value is -2.58. The zero-order chi connectivity index (χ0) is 16.5. The van der Waals surface area contributed by atoms with Gasteiger partial charge in [0.15, 0.2) is 0 Å². The first-order valence-electron chi connectivity index (χ1n) is 8.27. The van der Waals surface area contributed by atoms with Crippen molar-refractivity contribution in [3.63, 3.8) is 0 Å². The standard InChI is InChI=1S/C22H22O2/c1-3-7-20(8-4-1)17-23-16-15-19-11-13-22(14-12-19)24-18-21-9-5-2-6-10-21/h1-14H,15-18H2. The molecule has 2 nitrogen and oxygen atoms in total. The molecule has 0 radical (unpaired) electrons. The number of hydrogen-bond acceptors (Lipinski definition) is 2. The fourth-order valence-corrected chi connectivity index (χ4v) is 2.45. The van der Waals surface area contributed by atoms with Crippen LogP contribution < -0.4 is 4.74 Å². The third-order valence-corrected chi connectivity index (χ3v) is 3.82. The van der Waals surface area contributed by atoms with Crippen molar-refractivity contribution in [2.45, 2.75) is 19.6 Å². The highest BCUT2D eigenvalue weighted by Crippen LogP contribution is 2.15. The SMILES string of the molecule is c1ccc(COCCc2ccc(OCc3ccccc3)cc2)cc1. The van der Waals surface area contributed by atoms with Crippen LogP contribution in [-0.4, -0.2) is 6.61 Å². The lowest BCUT2D eigenvalue weighted by Gasteiger charge is -2.08. The summed E-state index contributed by atoms with van der Waals surface area (Å²) in [5.41, 5.74) is 3.65. The van der Waals surface area contributed by atoms with Crippen LogP contribution >= 0.6 is 0 Å². The van der Waals surface area contributed by atoms with Crippen LogP contribution in [0.25, 0.3) is 0 Å². The van der Waals surface area contributed by atoms with Gasteiger partial charge in [0.25, 0.3) is 0 Å². The van der Waals surface area contributed by atoms with Crippen molar-refractivity contribution in [1.29, 1.82) is 0 Å². The molecule has 122 valence electrons. The van der Waals surface area contributed by atoms with E-state index in [1.54, 1.807) is 0 Å². The van der Waals surface area contributed by atoms with Crippen LogP contribution in [0.15, 0.2) is 84.9 Å². The summed E-state index contributed by atoms with van der Waals surface area (Å²) >= 11 is 0. The van der Waals surface area contributed by atoms with Gasteiger partial charge in [-0.15, -0.1) is 0 Å².